The zero-order chi connectivity index (χ0) is 24.8. The molecular formula is C25H39N3O5. The lowest BCUT2D eigenvalue weighted by Gasteiger charge is -2.35. The molecule has 0 aromatic heterocycles. The van der Waals surface area contributed by atoms with Crippen LogP contribution in [-0.2, 0) is 14.3 Å². The number of alkyl carbamates (subject to hydrolysis) is 1. The number of amides is 3. The van der Waals surface area contributed by atoms with Crippen LogP contribution >= 0.6 is 0 Å². The Kier molecular flexibility index (Phi) is 9.28. The summed E-state index contributed by atoms with van der Waals surface area (Å²) in [4.78, 5) is 40.9. The van der Waals surface area contributed by atoms with E-state index in [-0.39, 0.29) is 23.9 Å². The van der Waals surface area contributed by atoms with E-state index in [1.165, 1.54) is 4.90 Å². The average Bonchev–Trinajstić information content (AvgIpc) is 3.44. The first kappa shape index (κ1) is 26.6. The van der Waals surface area contributed by atoms with Crippen LogP contribution in [0, 0.1) is 5.92 Å². The third kappa shape index (κ3) is 7.74. The number of nitrogens with one attached hydrogen (secondary N) is 2. The van der Waals surface area contributed by atoms with Crippen molar-refractivity contribution in [1.82, 2.24) is 15.5 Å². The molecule has 0 radical (unpaired) electrons. The Morgan fingerprint density at radius 3 is 2.27 bits per heavy atom. The largest absolute Gasteiger partial charge is 0.444 e. The number of carbonyl (C=O) groups is 3. The zero-order valence-corrected chi connectivity index (χ0v) is 20.6. The van der Waals surface area contributed by atoms with Gasteiger partial charge in [-0.25, -0.2) is 4.79 Å². The second-order valence-electron chi connectivity index (χ2n) is 9.92. The first-order chi connectivity index (χ1) is 15.5. The summed E-state index contributed by atoms with van der Waals surface area (Å²) in [5, 5.41) is 15.5. The van der Waals surface area contributed by atoms with Crippen LogP contribution in [0.25, 0.3) is 0 Å². The SMILES string of the molecule is CCCC(C)NC(=O)C(c1ccccc1)N(C(=O)C(CO)NC(=O)OC(C)(C)C)C1CC1C. The lowest BCUT2D eigenvalue weighted by Crippen LogP contribution is -2.55. The number of benzene rings is 1. The van der Waals surface area contributed by atoms with Crippen LogP contribution in [0.15, 0.2) is 30.3 Å². The normalized spacial score (nSPS) is 20.2. The van der Waals surface area contributed by atoms with Crippen molar-refractivity contribution >= 4 is 17.9 Å². The highest BCUT2D eigenvalue weighted by Crippen LogP contribution is 2.40. The first-order valence-corrected chi connectivity index (χ1v) is 11.8. The van der Waals surface area contributed by atoms with Gasteiger partial charge in [0, 0.05) is 12.1 Å². The Morgan fingerprint density at radius 2 is 1.79 bits per heavy atom. The second kappa shape index (κ2) is 11.5. The topological polar surface area (TPSA) is 108 Å². The molecule has 1 saturated carbocycles. The number of nitrogens with zero attached hydrogens (tertiary/aromatic N) is 1. The van der Waals surface area contributed by atoms with Gasteiger partial charge < -0.3 is 25.4 Å². The maximum absolute atomic E-state index is 13.6. The van der Waals surface area contributed by atoms with Crippen molar-refractivity contribution in [3.05, 3.63) is 35.9 Å². The average molecular weight is 462 g/mol. The highest BCUT2D eigenvalue weighted by Gasteiger charge is 2.48. The van der Waals surface area contributed by atoms with E-state index in [0.717, 1.165) is 19.3 Å². The molecule has 3 amide bonds. The molecule has 0 heterocycles. The van der Waals surface area contributed by atoms with E-state index >= 15 is 0 Å². The van der Waals surface area contributed by atoms with Gasteiger partial charge in [0.1, 0.15) is 17.7 Å². The van der Waals surface area contributed by atoms with Gasteiger partial charge in [-0.2, -0.15) is 0 Å². The second-order valence-corrected chi connectivity index (χ2v) is 9.92. The fourth-order valence-electron chi connectivity index (χ4n) is 3.89. The number of carbonyl (C=O) groups excluding carboxylic acids is 3. The van der Waals surface area contributed by atoms with E-state index in [1.54, 1.807) is 20.8 Å². The van der Waals surface area contributed by atoms with Crippen LogP contribution in [0.3, 0.4) is 0 Å². The summed E-state index contributed by atoms with van der Waals surface area (Å²) in [6.45, 7) is 10.5. The number of hydrogen-bond donors (Lipinski definition) is 3. The van der Waals surface area contributed by atoms with E-state index in [4.69, 9.17) is 4.74 Å². The molecule has 5 atom stereocenters. The number of aliphatic hydroxyl groups is 1. The smallest absolute Gasteiger partial charge is 0.408 e. The Bertz CT molecular complexity index is 808. The Hall–Kier alpha value is -2.61. The molecule has 8 heteroatoms. The quantitative estimate of drug-likeness (QED) is 0.496. The summed E-state index contributed by atoms with van der Waals surface area (Å²) >= 11 is 0. The van der Waals surface area contributed by atoms with Crippen molar-refractivity contribution < 1.29 is 24.2 Å². The minimum Gasteiger partial charge on any atom is -0.444 e. The standard InChI is InChI=1S/C25H39N3O5/c1-7-11-17(3)26-22(30)21(18-12-9-8-10-13-18)28(20-14-16(20)2)23(31)19(15-29)27-24(32)33-25(4,5)6/h8-10,12-13,16-17,19-21,29H,7,11,14-15H2,1-6H3,(H,26,30)(H,27,32). The van der Waals surface area contributed by atoms with Gasteiger partial charge in [-0.1, -0.05) is 50.6 Å². The molecule has 5 unspecified atom stereocenters. The summed E-state index contributed by atoms with van der Waals surface area (Å²) in [5.41, 5.74) is -0.0696. The van der Waals surface area contributed by atoms with Gasteiger partial charge in [0.2, 0.25) is 11.8 Å². The van der Waals surface area contributed by atoms with Crippen molar-refractivity contribution in [2.75, 3.05) is 6.61 Å². The van der Waals surface area contributed by atoms with Crippen molar-refractivity contribution in [3.8, 4) is 0 Å². The predicted molar refractivity (Wildman–Crippen MR) is 126 cm³/mol. The summed E-state index contributed by atoms with van der Waals surface area (Å²) in [7, 11) is 0. The molecular weight excluding hydrogens is 422 g/mol. The summed E-state index contributed by atoms with van der Waals surface area (Å²) in [6.07, 6.45) is 1.69. The molecule has 0 saturated heterocycles. The van der Waals surface area contributed by atoms with Gasteiger partial charge in [0.15, 0.2) is 0 Å². The third-order valence-electron chi connectivity index (χ3n) is 5.60. The van der Waals surface area contributed by atoms with Crippen LogP contribution in [-0.4, -0.2) is 58.2 Å². The molecule has 0 bridgehead atoms. The molecule has 1 aromatic rings. The molecule has 2 rings (SSSR count). The Balaban J connectivity index is 2.37. The van der Waals surface area contributed by atoms with E-state index in [2.05, 4.69) is 10.6 Å². The van der Waals surface area contributed by atoms with E-state index in [0.29, 0.717) is 5.56 Å². The molecule has 8 nitrogen and oxygen atoms in total. The van der Waals surface area contributed by atoms with Crippen LogP contribution in [0.1, 0.15) is 72.4 Å². The van der Waals surface area contributed by atoms with E-state index in [1.807, 2.05) is 51.1 Å². The molecule has 0 spiro atoms. The zero-order valence-electron chi connectivity index (χ0n) is 20.6. The summed E-state index contributed by atoms with van der Waals surface area (Å²) in [5.74, 6) is -0.574. The van der Waals surface area contributed by atoms with Crippen LogP contribution < -0.4 is 10.6 Å². The third-order valence-corrected chi connectivity index (χ3v) is 5.60. The van der Waals surface area contributed by atoms with Gasteiger partial charge >= 0.3 is 6.09 Å². The molecule has 1 aromatic carbocycles. The summed E-state index contributed by atoms with van der Waals surface area (Å²) < 4.78 is 5.26. The maximum Gasteiger partial charge on any atom is 0.408 e. The Morgan fingerprint density at radius 1 is 1.18 bits per heavy atom. The molecule has 0 aliphatic heterocycles. The minimum absolute atomic E-state index is 0.0455. The Labute approximate surface area is 197 Å². The highest BCUT2D eigenvalue weighted by atomic mass is 16.6. The van der Waals surface area contributed by atoms with Crippen LogP contribution in [0.2, 0.25) is 0 Å². The molecule has 33 heavy (non-hydrogen) atoms. The molecule has 184 valence electrons. The lowest BCUT2D eigenvalue weighted by atomic mass is 10.0. The van der Waals surface area contributed by atoms with Gasteiger partial charge in [-0.3, -0.25) is 9.59 Å². The fourth-order valence-corrected chi connectivity index (χ4v) is 3.89. The van der Waals surface area contributed by atoms with Crippen LogP contribution in [0.5, 0.6) is 0 Å². The predicted octanol–water partition coefficient (Wildman–Crippen LogP) is 3.16. The number of ether oxygens (including phenoxy) is 1. The monoisotopic (exact) mass is 461 g/mol. The van der Waals surface area contributed by atoms with Crippen LogP contribution in [0.4, 0.5) is 4.79 Å². The first-order valence-electron chi connectivity index (χ1n) is 11.8. The highest BCUT2D eigenvalue weighted by molar-refractivity contribution is 5.92. The van der Waals surface area contributed by atoms with Crippen molar-refractivity contribution in [2.45, 2.75) is 90.6 Å². The minimum atomic E-state index is -1.22. The summed E-state index contributed by atoms with van der Waals surface area (Å²) in [6, 6.07) is 6.83. The van der Waals surface area contributed by atoms with Gasteiger partial charge in [0.05, 0.1) is 6.61 Å². The van der Waals surface area contributed by atoms with Gasteiger partial charge in [0.25, 0.3) is 0 Å². The fraction of sp³-hybridized carbons (Fsp3) is 0.640. The molecule has 1 aliphatic rings. The van der Waals surface area contributed by atoms with Crippen molar-refractivity contribution in [1.29, 1.82) is 0 Å². The van der Waals surface area contributed by atoms with Crippen molar-refractivity contribution in [3.63, 3.8) is 0 Å². The lowest BCUT2D eigenvalue weighted by molar-refractivity contribution is -0.144. The number of rotatable bonds is 10. The van der Waals surface area contributed by atoms with Crippen molar-refractivity contribution in [2.24, 2.45) is 5.92 Å². The molecule has 3 N–H and O–H groups in total. The maximum atomic E-state index is 13.6. The van der Waals surface area contributed by atoms with Gasteiger partial charge in [-0.15, -0.1) is 0 Å². The molecule has 1 aliphatic carbocycles. The van der Waals surface area contributed by atoms with E-state index < -0.39 is 36.3 Å². The molecule has 1 fully saturated rings. The van der Waals surface area contributed by atoms with E-state index in [9.17, 15) is 19.5 Å². The van der Waals surface area contributed by atoms with Gasteiger partial charge in [-0.05, 0) is 52.0 Å². The number of aliphatic hydroxyl groups excluding tert-OH is 1. The number of hydrogen-bond acceptors (Lipinski definition) is 5.